The van der Waals surface area contributed by atoms with Crippen LogP contribution < -0.4 is 0 Å². The Kier molecular flexibility index (Phi) is 7.35. The highest BCUT2D eigenvalue weighted by molar-refractivity contribution is 7.90. The summed E-state index contributed by atoms with van der Waals surface area (Å²) in [6.45, 7) is 6.66. The first kappa shape index (κ1) is 16.4. The normalized spacial score (nSPS) is 13.9. The smallest absolute Gasteiger partial charge is 0.230 e. The van der Waals surface area contributed by atoms with Crippen LogP contribution in [0.25, 0.3) is 0 Å². The van der Waals surface area contributed by atoms with E-state index in [-0.39, 0.29) is 5.92 Å². The molecule has 5 nitrogen and oxygen atoms in total. The van der Waals surface area contributed by atoms with Crippen LogP contribution in [0.1, 0.15) is 27.2 Å². The number of hydrogen-bond donors (Lipinski definition) is 0. The summed E-state index contributed by atoms with van der Waals surface area (Å²) in [5.74, 6) is 0.220. The Morgan fingerprint density at radius 2 is 2.00 bits per heavy atom. The van der Waals surface area contributed by atoms with Crippen molar-refractivity contribution in [2.24, 2.45) is 5.92 Å². The van der Waals surface area contributed by atoms with E-state index < -0.39 is 15.3 Å². The number of rotatable bonds is 8. The average molecular weight is 262 g/mol. The van der Waals surface area contributed by atoms with E-state index in [1.165, 1.54) is 11.4 Å². The molecule has 100 valence electrons. The summed E-state index contributed by atoms with van der Waals surface area (Å²) in [5, 5.41) is 7.92. The summed E-state index contributed by atoms with van der Waals surface area (Å²) < 4.78 is 30.6. The Balaban J connectivity index is 4.94. The minimum atomic E-state index is -3.54. The third-order valence-electron chi connectivity index (χ3n) is 2.35. The molecule has 0 aromatic rings. The van der Waals surface area contributed by atoms with E-state index in [1.54, 1.807) is 6.92 Å². The van der Waals surface area contributed by atoms with Crippen LogP contribution in [0.2, 0.25) is 0 Å². The highest BCUT2D eigenvalue weighted by Gasteiger charge is 2.30. The summed E-state index contributed by atoms with van der Waals surface area (Å²) in [4.78, 5) is 0. The van der Waals surface area contributed by atoms with E-state index in [0.717, 1.165) is 0 Å². The molecule has 0 rings (SSSR count). The quantitative estimate of drug-likeness (QED) is 0.659. The Hall–Kier alpha value is -0.640. The first-order valence-corrected chi connectivity index (χ1v) is 7.27. The van der Waals surface area contributed by atoms with E-state index >= 15 is 0 Å². The van der Waals surface area contributed by atoms with Crippen molar-refractivity contribution >= 4 is 10.0 Å². The van der Waals surface area contributed by atoms with E-state index in [0.29, 0.717) is 26.1 Å². The number of methoxy groups -OCH3 is 1. The van der Waals surface area contributed by atoms with Gasteiger partial charge in [-0.05, 0) is 12.3 Å². The van der Waals surface area contributed by atoms with Crippen molar-refractivity contribution in [3.8, 4) is 6.07 Å². The topological polar surface area (TPSA) is 70.4 Å². The summed E-state index contributed by atoms with van der Waals surface area (Å²) in [5.41, 5.74) is 0. The Morgan fingerprint density at radius 3 is 2.35 bits per heavy atom. The van der Waals surface area contributed by atoms with Gasteiger partial charge in [0.05, 0.1) is 12.7 Å². The standard InChI is InChI=1S/C11H22N2O3S/c1-5-11(8-12)17(14,15)13(6-7-16-4)9-10(2)3/h10-11H,5-7,9H2,1-4H3. The fourth-order valence-electron chi connectivity index (χ4n) is 1.47. The van der Waals surface area contributed by atoms with Gasteiger partial charge in [0.15, 0.2) is 5.25 Å². The summed E-state index contributed by atoms with van der Waals surface area (Å²) >= 11 is 0. The van der Waals surface area contributed by atoms with Gasteiger partial charge in [-0.25, -0.2) is 8.42 Å². The molecule has 0 saturated carbocycles. The first-order valence-electron chi connectivity index (χ1n) is 5.77. The Bertz CT molecular complexity index is 346. The zero-order valence-corrected chi connectivity index (χ0v) is 11.8. The molecule has 0 saturated heterocycles. The van der Waals surface area contributed by atoms with Crippen LogP contribution in [0.3, 0.4) is 0 Å². The van der Waals surface area contributed by atoms with Gasteiger partial charge in [-0.3, -0.25) is 0 Å². The zero-order valence-electron chi connectivity index (χ0n) is 11.0. The van der Waals surface area contributed by atoms with E-state index in [9.17, 15) is 8.42 Å². The van der Waals surface area contributed by atoms with Gasteiger partial charge in [-0.1, -0.05) is 20.8 Å². The van der Waals surface area contributed by atoms with E-state index in [1.807, 2.05) is 19.9 Å². The van der Waals surface area contributed by atoms with Crippen molar-refractivity contribution in [1.29, 1.82) is 5.26 Å². The first-order chi connectivity index (χ1) is 7.89. The maximum atomic E-state index is 12.2. The number of hydrogen-bond acceptors (Lipinski definition) is 4. The predicted octanol–water partition coefficient (Wildman–Crippen LogP) is 1.22. The minimum absolute atomic E-state index is 0.220. The molecule has 0 heterocycles. The van der Waals surface area contributed by atoms with Crippen LogP contribution in [0.5, 0.6) is 0 Å². The molecule has 0 radical (unpaired) electrons. The van der Waals surface area contributed by atoms with Crippen molar-refractivity contribution in [3.63, 3.8) is 0 Å². The van der Waals surface area contributed by atoms with Crippen LogP contribution in [-0.2, 0) is 14.8 Å². The molecule has 0 fully saturated rings. The largest absolute Gasteiger partial charge is 0.383 e. The van der Waals surface area contributed by atoms with Crippen molar-refractivity contribution in [2.75, 3.05) is 26.8 Å². The number of nitrogens with zero attached hydrogens (tertiary/aromatic N) is 2. The van der Waals surface area contributed by atoms with Gasteiger partial charge in [0, 0.05) is 20.2 Å². The SMILES string of the molecule is CCC(C#N)S(=O)(=O)N(CCOC)CC(C)C. The highest BCUT2D eigenvalue weighted by atomic mass is 32.2. The molecule has 0 amide bonds. The van der Waals surface area contributed by atoms with E-state index in [4.69, 9.17) is 10.00 Å². The van der Waals surface area contributed by atoms with Crippen LogP contribution >= 0.6 is 0 Å². The van der Waals surface area contributed by atoms with Gasteiger partial charge in [0.25, 0.3) is 0 Å². The number of sulfonamides is 1. The number of nitriles is 1. The molecule has 0 aliphatic rings. The van der Waals surface area contributed by atoms with Gasteiger partial charge in [0.1, 0.15) is 0 Å². The number of ether oxygens (including phenoxy) is 1. The zero-order chi connectivity index (χ0) is 13.5. The Morgan fingerprint density at radius 1 is 1.41 bits per heavy atom. The van der Waals surface area contributed by atoms with Gasteiger partial charge in [-0.15, -0.1) is 0 Å². The van der Waals surface area contributed by atoms with E-state index in [2.05, 4.69) is 0 Å². The second-order valence-corrected chi connectivity index (χ2v) is 6.43. The fraction of sp³-hybridized carbons (Fsp3) is 0.909. The summed E-state index contributed by atoms with van der Waals surface area (Å²) in [6, 6.07) is 1.85. The van der Waals surface area contributed by atoms with Gasteiger partial charge >= 0.3 is 0 Å². The van der Waals surface area contributed by atoms with Gasteiger partial charge in [0.2, 0.25) is 10.0 Å². The lowest BCUT2D eigenvalue weighted by Crippen LogP contribution is -2.41. The molecule has 0 aliphatic heterocycles. The van der Waals surface area contributed by atoms with Crippen molar-refractivity contribution < 1.29 is 13.2 Å². The van der Waals surface area contributed by atoms with Crippen molar-refractivity contribution in [3.05, 3.63) is 0 Å². The second kappa shape index (κ2) is 7.64. The molecule has 0 aliphatic carbocycles. The molecule has 0 aromatic heterocycles. The third-order valence-corrected chi connectivity index (χ3v) is 4.56. The van der Waals surface area contributed by atoms with Crippen LogP contribution in [0, 0.1) is 17.2 Å². The Labute approximate surface area is 104 Å². The molecule has 0 spiro atoms. The lowest BCUT2D eigenvalue weighted by Gasteiger charge is -2.25. The molecular formula is C11H22N2O3S. The third kappa shape index (κ3) is 5.02. The molecule has 17 heavy (non-hydrogen) atoms. The molecule has 0 aromatic carbocycles. The van der Waals surface area contributed by atoms with Crippen LogP contribution in [0.15, 0.2) is 0 Å². The lowest BCUT2D eigenvalue weighted by molar-refractivity contribution is 0.175. The predicted molar refractivity (Wildman–Crippen MR) is 66.9 cm³/mol. The van der Waals surface area contributed by atoms with Crippen molar-refractivity contribution in [2.45, 2.75) is 32.4 Å². The monoisotopic (exact) mass is 262 g/mol. The molecule has 0 bridgehead atoms. The summed E-state index contributed by atoms with van der Waals surface area (Å²) in [7, 11) is -2.01. The minimum Gasteiger partial charge on any atom is -0.383 e. The molecule has 6 heteroatoms. The molecular weight excluding hydrogens is 240 g/mol. The highest BCUT2D eigenvalue weighted by Crippen LogP contribution is 2.13. The second-order valence-electron chi connectivity index (χ2n) is 4.32. The molecule has 1 unspecified atom stereocenters. The van der Waals surface area contributed by atoms with Gasteiger partial charge in [-0.2, -0.15) is 9.57 Å². The van der Waals surface area contributed by atoms with Crippen LogP contribution in [-0.4, -0.2) is 44.8 Å². The summed E-state index contributed by atoms with van der Waals surface area (Å²) in [6.07, 6.45) is 0.306. The van der Waals surface area contributed by atoms with Crippen molar-refractivity contribution in [1.82, 2.24) is 4.31 Å². The van der Waals surface area contributed by atoms with Gasteiger partial charge < -0.3 is 4.74 Å². The fourth-order valence-corrected chi connectivity index (χ4v) is 3.22. The maximum Gasteiger partial charge on any atom is 0.230 e. The average Bonchev–Trinajstić information content (AvgIpc) is 2.24. The molecule has 0 N–H and O–H groups in total. The van der Waals surface area contributed by atoms with Crippen LogP contribution in [0.4, 0.5) is 0 Å². The maximum absolute atomic E-state index is 12.2. The lowest BCUT2D eigenvalue weighted by atomic mass is 10.2. The molecule has 1 atom stereocenters.